The lowest BCUT2D eigenvalue weighted by Crippen LogP contribution is -2.25. The highest BCUT2D eigenvalue weighted by Crippen LogP contribution is 2.28. The Labute approximate surface area is 95.9 Å². The summed E-state index contributed by atoms with van der Waals surface area (Å²) in [4.78, 5) is 5.13. The van der Waals surface area contributed by atoms with Crippen LogP contribution in [-0.2, 0) is 0 Å². The molecule has 86 valence electrons. The van der Waals surface area contributed by atoms with Gasteiger partial charge in [0.15, 0.2) is 0 Å². The van der Waals surface area contributed by atoms with Crippen LogP contribution in [0.1, 0.15) is 39.0 Å². The van der Waals surface area contributed by atoms with Gasteiger partial charge in [-0.1, -0.05) is 16.2 Å². The van der Waals surface area contributed by atoms with E-state index in [1.807, 2.05) is 0 Å². The van der Waals surface area contributed by atoms with Gasteiger partial charge in [-0.3, -0.25) is 0 Å². The zero-order chi connectivity index (χ0) is 10.7. The minimum absolute atomic E-state index is 1.18. The summed E-state index contributed by atoms with van der Waals surface area (Å²) in [6, 6.07) is 0. The lowest BCUT2D eigenvalue weighted by Gasteiger charge is -2.28. The third-order valence-electron chi connectivity index (χ3n) is 3.57. The van der Waals surface area contributed by atoms with E-state index in [1.54, 1.807) is 5.70 Å². The van der Waals surface area contributed by atoms with Crippen LogP contribution >= 0.6 is 9.24 Å². The van der Waals surface area contributed by atoms with Gasteiger partial charge in [-0.2, -0.15) is 0 Å². The molecule has 0 radical (unpaired) electrons. The molecule has 2 aliphatic rings. The molecule has 0 aromatic heterocycles. The zero-order valence-corrected chi connectivity index (χ0v) is 11.0. The molecule has 2 rings (SSSR count). The first-order valence-electron chi connectivity index (χ1n) is 6.31. The number of allylic oxidation sites excluding steroid dienone is 1. The summed E-state index contributed by atoms with van der Waals surface area (Å²) in [5.74, 6) is 0. The molecule has 1 unspecified atom stereocenters. The van der Waals surface area contributed by atoms with Crippen molar-refractivity contribution in [2.45, 2.75) is 39.0 Å². The van der Waals surface area contributed by atoms with Crippen molar-refractivity contribution in [3.63, 3.8) is 0 Å². The topological polar surface area (TPSA) is 6.48 Å². The molecule has 0 aliphatic carbocycles. The van der Waals surface area contributed by atoms with Crippen molar-refractivity contribution in [3.8, 4) is 0 Å². The van der Waals surface area contributed by atoms with Gasteiger partial charge in [0, 0.05) is 37.3 Å². The van der Waals surface area contributed by atoms with E-state index in [2.05, 4.69) is 26.0 Å². The van der Waals surface area contributed by atoms with Gasteiger partial charge in [-0.25, -0.2) is 0 Å². The molecule has 0 aromatic carbocycles. The second kappa shape index (κ2) is 5.21. The van der Waals surface area contributed by atoms with Gasteiger partial charge in [-0.15, -0.1) is 0 Å². The Kier molecular flexibility index (Phi) is 3.91. The average molecular weight is 226 g/mol. The molecule has 2 heterocycles. The number of hydrogen-bond donors (Lipinski definition) is 0. The third kappa shape index (κ3) is 2.47. The van der Waals surface area contributed by atoms with Gasteiger partial charge in [0.1, 0.15) is 0 Å². The van der Waals surface area contributed by atoms with Crippen molar-refractivity contribution in [2.75, 3.05) is 26.2 Å². The molecule has 0 N–H and O–H groups in total. The molecule has 15 heavy (non-hydrogen) atoms. The van der Waals surface area contributed by atoms with Gasteiger partial charge >= 0.3 is 0 Å². The molecule has 0 saturated carbocycles. The second-order valence-corrected chi connectivity index (χ2v) is 5.12. The van der Waals surface area contributed by atoms with Crippen LogP contribution < -0.4 is 0 Å². The Balaban J connectivity index is 2.10. The van der Waals surface area contributed by atoms with Gasteiger partial charge in [0.25, 0.3) is 0 Å². The van der Waals surface area contributed by atoms with Crippen molar-refractivity contribution in [2.24, 2.45) is 0 Å². The molecule has 0 spiro atoms. The smallest absolute Gasteiger partial charge is 0.0500 e. The van der Waals surface area contributed by atoms with E-state index in [-0.39, 0.29) is 0 Å². The summed E-state index contributed by atoms with van der Waals surface area (Å²) in [7, 11) is 2.98. The molecule has 2 saturated heterocycles. The van der Waals surface area contributed by atoms with Gasteiger partial charge in [0.2, 0.25) is 0 Å². The summed E-state index contributed by atoms with van der Waals surface area (Å²) >= 11 is 0. The van der Waals surface area contributed by atoms with Crippen LogP contribution in [0.2, 0.25) is 0 Å². The fourth-order valence-electron chi connectivity index (χ4n) is 2.69. The lowest BCUT2D eigenvalue weighted by atomic mass is 10.3. The van der Waals surface area contributed by atoms with E-state index in [1.165, 1.54) is 63.7 Å². The molecule has 3 heteroatoms. The molecule has 0 bridgehead atoms. The molecule has 2 aliphatic heterocycles. The lowest BCUT2D eigenvalue weighted by molar-refractivity contribution is 0.374. The van der Waals surface area contributed by atoms with E-state index >= 15 is 0 Å². The summed E-state index contributed by atoms with van der Waals surface area (Å²) in [6.45, 7) is 7.35. The predicted molar refractivity (Wildman–Crippen MR) is 68.6 cm³/mol. The van der Waals surface area contributed by atoms with E-state index in [0.717, 1.165) is 0 Å². The highest BCUT2D eigenvalue weighted by Gasteiger charge is 2.20. The monoisotopic (exact) mass is 226 g/mol. The number of hydrogen-bond acceptors (Lipinski definition) is 2. The largest absolute Gasteiger partial charge is 0.373 e. The van der Waals surface area contributed by atoms with Crippen LogP contribution in [0.15, 0.2) is 11.1 Å². The molecule has 0 aromatic rings. The van der Waals surface area contributed by atoms with Crippen molar-refractivity contribution < 1.29 is 0 Å². The minimum atomic E-state index is 1.18. The number of nitrogens with zero attached hydrogens (tertiary/aromatic N) is 2. The Hall–Kier alpha value is -0.230. The normalized spacial score (nSPS) is 23.6. The molecule has 2 fully saturated rings. The first kappa shape index (κ1) is 11.3. The summed E-state index contributed by atoms with van der Waals surface area (Å²) in [5.41, 5.74) is 3.04. The fraction of sp³-hybridized carbons (Fsp3) is 0.833. The quantitative estimate of drug-likeness (QED) is 0.683. The van der Waals surface area contributed by atoms with Crippen molar-refractivity contribution in [1.82, 2.24) is 9.80 Å². The van der Waals surface area contributed by atoms with Crippen molar-refractivity contribution in [1.29, 1.82) is 0 Å². The molecular formula is C12H23N2P. The third-order valence-corrected chi connectivity index (χ3v) is 4.26. The van der Waals surface area contributed by atoms with Crippen LogP contribution in [0.3, 0.4) is 0 Å². The Bertz CT molecular complexity index is 238. The van der Waals surface area contributed by atoms with E-state index in [0.29, 0.717) is 0 Å². The summed E-state index contributed by atoms with van der Waals surface area (Å²) < 4.78 is 0. The van der Waals surface area contributed by atoms with Crippen LogP contribution in [0.25, 0.3) is 0 Å². The van der Waals surface area contributed by atoms with Crippen molar-refractivity contribution >= 4 is 9.24 Å². The molecule has 0 amide bonds. The van der Waals surface area contributed by atoms with E-state index in [9.17, 15) is 0 Å². The average Bonchev–Trinajstić information content (AvgIpc) is 2.91. The van der Waals surface area contributed by atoms with Crippen LogP contribution in [0.5, 0.6) is 0 Å². The van der Waals surface area contributed by atoms with Crippen LogP contribution in [0.4, 0.5) is 0 Å². The summed E-state index contributed by atoms with van der Waals surface area (Å²) in [6.07, 6.45) is 6.67. The minimum Gasteiger partial charge on any atom is -0.373 e. The highest BCUT2D eigenvalue weighted by atomic mass is 31.0. The first-order valence-corrected chi connectivity index (χ1v) is 6.89. The Morgan fingerprint density at radius 2 is 1.40 bits per heavy atom. The van der Waals surface area contributed by atoms with E-state index in [4.69, 9.17) is 0 Å². The SMILES string of the molecule is CCC(=C(P)N1CCCC1)N1CCCC1. The predicted octanol–water partition coefficient (Wildman–Crippen LogP) is 2.63. The second-order valence-electron chi connectivity index (χ2n) is 4.57. The van der Waals surface area contributed by atoms with Crippen LogP contribution in [-0.4, -0.2) is 36.0 Å². The molecule has 1 atom stereocenters. The highest BCUT2D eigenvalue weighted by molar-refractivity contribution is 7.22. The number of rotatable bonds is 3. The molecular weight excluding hydrogens is 203 g/mol. The fourth-order valence-corrected chi connectivity index (χ4v) is 3.34. The van der Waals surface area contributed by atoms with Crippen LogP contribution in [0, 0.1) is 0 Å². The first-order chi connectivity index (χ1) is 7.33. The molecule has 2 nitrogen and oxygen atoms in total. The van der Waals surface area contributed by atoms with E-state index < -0.39 is 0 Å². The maximum absolute atomic E-state index is 2.98. The maximum atomic E-state index is 2.98. The van der Waals surface area contributed by atoms with Crippen molar-refractivity contribution in [3.05, 3.63) is 11.1 Å². The Morgan fingerprint density at radius 3 is 1.87 bits per heavy atom. The van der Waals surface area contributed by atoms with Gasteiger partial charge < -0.3 is 9.80 Å². The standard InChI is InChI=1S/C12H23N2P/c1-2-11(13-7-3-4-8-13)12(15)14-9-5-6-10-14/h2-10,15H2,1H3. The maximum Gasteiger partial charge on any atom is 0.0500 e. The zero-order valence-electron chi connectivity index (χ0n) is 9.84. The number of likely N-dealkylation sites (tertiary alicyclic amines) is 2. The van der Waals surface area contributed by atoms with Gasteiger partial charge in [0.05, 0.1) is 0 Å². The Morgan fingerprint density at radius 1 is 0.933 bits per heavy atom. The summed E-state index contributed by atoms with van der Waals surface area (Å²) in [5, 5.41) is 0. The van der Waals surface area contributed by atoms with Gasteiger partial charge in [-0.05, 0) is 32.1 Å².